The molecule has 1 atom stereocenters. The average Bonchev–Trinajstić information content (AvgIpc) is 3.10. The predicted octanol–water partition coefficient (Wildman–Crippen LogP) is 0.480. The number of aryl methyl sites for hydroxylation is 1. The van der Waals surface area contributed by atoms with Crippen LogP contribution in [0.25, 0.3) is 0 Å². The Morgan fingerprint density at radius 2 is 2.15 bits per heavy atom. The molecule has 1 N–H and O–H groups in total. The zero-order valence-electron chi connectivity index (χ0n) is 16.4. The van der Waals surface area contributed by atoms with Gasteiger partial charge in [-0.1, -0.05) is 0 Å². The van der Waals surface area contributed by atoms with Gasteiger partial charge in [0.05, 0.1) is 19.3 Å². The van der Waals surface area contributed by atoms with Gasteiger partial charge < -0.3 is 24.6 Å². The van der Waals surface area contributed by atoms with E-state index in [1.54, 1.807) is 0 Å². The number of aliphatic imine (C=N–C) groups is 1. The number of aromatic nitrogens is 2. The van der Waals surface area contributed by atoms with Crippen molar-refractivity contribution in [3.05, 3.63) is 18.0 Å². The molecule has 2 saturated heterocycles. The van der Waals surface area contributed by atoms with Crippen molar-refractivity contribution < 1.29 is 9.47 Å². The van der Waals surface area contributed by atoms with Gasteiger partial charge in [-0.25, -0.2) is 0 Å². The van der Waals surface area contributed by atoms with Crippen LogP contribution in [0.1, 0.15) is 24.5 Å². The largest absolute Gasteiger partial charge is 0.381 e. The SMILES string of the molecule is CN=C(NCC1(N(C)C)CCOCC1)N1CCOC(c2cnn(C)c2)C1. The summed E-state index contributed by atoms with van der Waals surface area (Å²) < 4.78 is 13.3. The summed E-state index contributed by atoms with van der Waals surface area (Å²) in [6, 6.07) is 0. The smallest absolute Gasteiger partial charge is 0.193 e. The molecule has 0 saturated carbocycles. The highest BCUT2D eigenvalue weighted by Crippen LogP contribution is 2.26. The van der Waals surface area contributed by atoms with E-state index in [9.17, 15) is 0 Å². The molecule has 1 aromatic heterocycles. The number of guanidine groups is 1. The molecule has 146 valence electrons. The third kappa shape index (κ3) is 4.19. The van der Waals surface area contributed by atoms with Crippen molar-refractivity contribution in [3.63, 3.8) is 0 Å². The fourth-order valence-electron chi connectivity index (χ4n) is 3.76. The van der Waals surface area contributed by atoms with Gasteiger partial charge in [-0.2, -0.15) is 5.10 Å². The molecule has 26 heavy (non-hydrogen) atoms. The predicted molar refractivity (Wildman–Crippen MR) is 101 cm³/mol. The summed E-state index contributed by atoms with van der Waals surface area (Å²) in [6.07, 6.45) is 6.00. The fourth-order valence-corrected chi connectivity index (χ4v) is 3.76. The Morgan fingerprint density at radius 3 is 2.77 bits per heavy atom. The molecule has 0 amide bonds. The number of ether oxygens (including phenoxy) is 2. The van der Waals surface area contributed by atoms with Crippen LogP contribution in [-0.2, 0) is 16.5 Å². The van der Waals surface area contributed by atoms with Crippen LogP contribution in [0.5, 0.6) is 0 Å². The van der Waals surface area contributed by atoms with E-state index in [0.717, 1.165) is 57.2 Å². The van der Waals surface area contributed by atoms with Crippen LogP contribution in [0, 0.1) is 0 Å². The van der Waals surface area contributed by atoms with Gasteiger partial charge in [-0.05, 0) is 26.9 Å². The van der Waals surface area contributed by atoms with Gasteiger partial charge >= 0.3 is 0 Å². The molecule has 1 aromatic rings. The highest BCUT2D eigenvalue weighted by molar-refractivity contribution is 5.80. The van der Waals surface area contributed by atoms with E-state index >= 15 is 0 Å². The lowest BCUT2D eigenvalue weighted by atomic mass is 9.88. The van der Waals surface area contributed by atoms with Crippen LogP contribution in [0.15, 0.2) is 17.4 Å². The number of rotatable bonds is 4. The fraction of sp³-hybridized carbons (Fsp3) is 0.778. The third-order valence-corrected chi connectivity index (χ3v) is 5.62. The van der Waals surface area contributed by atoms with Crippen LogP contribution in [0.3, 0.4) is 0 Å². The third-order valence-electron chi connectivity index (χ3n) is 5.62. The second-order valence-corrected chi connectivity index (χ2v) is 7.38. The highest BCUT2D eigenvalue weighted by atomic mass is 16.5. The summed E-state index contributed by atoms with van der Waals surface area (Å²) in [5.41, 5.74) is 1.23. The summed E-state index contributed by atoms with van der Waals surface area (Å²) >= 11 is 0. The standard InChI is InChI=1S/C18H32N6O2/c1-19-17(20-14-18(22(2)3)5-8-25-9-6-18)24-7-10-26-16(13-24)15-11-21-23(4)12-15/h11-12,16H,5-10,13-14H2,1-4H3,(H,19,20). The van der Waals surface area contributed by atoms with Crippen molar-refractivity contribution in [2.45, 2.75) is 24.5 Å². The van der Waals surface area contributed by atoms with Crippen LogP contribution in [0.2, 0.25) is 0 Å². The van der Waals surface area contributed by atoms with Crippen molar-refractivity contribution in [2.24, 2.45) is 12.0 Å². The molecule has 2 aliphatic heterocycles. The van der Waals surface area contributed by atoms with Crippen LogP contribution in [0.4, 0.5) is 0 Å². The molecule has 3 heterocycles. The molecule has 2 aliphatic rings. The van der Waals surface area contributed by atoms with Gasteiger partial charge in [0.25, 0.3) is 0 Å². The van der Waals surface area contributed by atoms with E-state index in [-0.39, 0.29) is 11.6 Å². The lowest BCUT2D eigenvalue weighted by Crippen LogP contribution is -2.58. The van der Waals surface area contributed by atoms with Crippen molar-refractivity contribution >= 4 is 5.96 Å². The van der Waals surface area contributed by atoms with Crippen LogP contribution >= 0.6 is 0 Å². The Morgan fingerprint density at radius 1 is 1.38 bits per heavy atom. The summed E-state index contributed by atoms with van der Waals surface area (Å²) in [6.45, 7) is 4.81. The summed E-state index contributed by atoms with van der Waals surface area (Å²) in [5, 5.41) is 7.87. The molecule has 0 bridgehead atoms. The summed E-state index contributed by atoms with van der Waals surface area (Å²) in [5.74, 6) is 0.940. The molecule has 0 radical (unpaired) electrons. The number of hydrogen-bond acceptors (Lipinski definition) is 5. The quantitative estimate of drug-likeness (QED) is 0.619. The highest BCUT2D eigenvalue weighted by Gasteiger charge is 2.35. The second-order valence-electron chi connectivity index (χ2n) is 7.38. The number of nitrogens with zero attached hydrogens (tertiary/aromatic N) is 5. The molecule has 3 rings (SSSR count). The average molecular weight is 364 g/mol. The second kappa shape index (κ2) is 8.37. The monoisotopic (exact) mass is 364 g/mol. The molecule has 8 heteroatoms. The Balaban J connectivity index is 1.63. The van der Waals surface area contributed by atoms with Gasteiger partial charge in [-0.15, -0.1) is 0 Å². The first-order chi connectivity index (χ1) is 12.5. The molecular weight excluding hydrogens is 332 g/mol. The maximum atomic E-state index is 5.95. The summed E-state index contributed by atoms with van der Waals surface area (Å²) in [4.78, 5) is 9.13. The Labute approximate surface area is 156 Å². The lowest BCUT2D eigenvalue weighted by molar-refractivity contribution is -0.0123. The minimum absolute atomic E-state index is 0.0295. The minimum atomic E-state index is 0.0295. The zero-order chi connectivity index (χ0) is 18.6. The molecule has 0 spiro atoms. The van der Waals surface area contributed by atoms with Crippen LogP contribution in [-0.4, -0.2) is 91.7 Å². The molecule has 0 aromatic carbocycles. The molecule has 0 aliphatic carbocycles. The summed E-state index contributed by atoms with van der Waals surface area (Å²) in [7, 11) is 8.09. The van der Waals surface area contributed by atoms with Crippen molar-refractivity contribution in [2.75, 3.05) is 60.6 Å². The first-order valence-corrected chi connectivity index (χ1v) is 9.35. The molecule has 1 unspecified atom stereocenters. The van der Waals surface area contributed by atoms with Gasteiger partial charge in [0, 0.05) is 57.7 Å². The maximum Gasteiger partial charge on any atom is 0.193 e. The zero-order valence-corrected chi connectivity index (χ0v) is 16.4. The number of likely N-dealkylation sites (N-methyl/N-ethyl adjacent to an activating group) is 1. The molecule has 2 fully saturated rings. The Hall–Kier alpha value is -1.64. The lowest BCUT2D eigenvalue weighted by Gasteiger charge is -2.44. The van der Waals surface area contributed by atoms with E-state index in [1.165, 1.54) is 0 Å². The van der Waals surface area contributed by atoms with Crippen molar-refractivity contribution in [1.29, 1.82) is 0 Å². The Kier molecular flexibility index (Phi) is 6.16. The van der Waals surface area contributed by atoms with Crippen molar-refractivity contribution in [1.82, 2.24) is 24.9 Å². The first-order valence-electron chi connectivity index (χ1n) is 9.35. The normalized spacial score (nSPS) is 24.1. The van der Waals surface area contributed by atoms with Crippen LogP contribution < -0.4 is 5.32 Å². The maximum absolute atomic E-state index is 5.95. The van der Waals surface area contributed by atoms with E-state index in [1.807, 2.05) is 31.2 Å². The van der Waals surface area contributed by atoms with E-state index < -0.39 is 0 Å². The van der Waals surface area contributed by atoms with E-state index in [2.05, 4.69) is 39.3 Å². The minimum Gasteiger partial charge on any atom is -0.381 e. The van der Waals surface area contributed by atoms with E-state index in [0.29, 0.717) is 6.61 Å². The van der Waals surface area contributed by atoms with Gasteiger partial charge in [0.15, 0.2) is 5.96 Å². The number of hydrogen-bond donors (Lipinski definition) is 1. The molecular formula is C18H32N6O2. The van der Waals surface area contributed by atoms with E-state index in [4.69, 9.17) is 9.47 Å². The first kappa shape index (κ1) is 19.1. The van der Waals surface area contributed by atoms with Gasteiger partial charge in [0.1, 0.15) is 6.10 Å². The Bertz CT molecular complexity index is 609. The number of morpholine rings is 1. The van der Waals surface area contributed by atoms with Crippen molar-refractivity contribution in [3.8, 4) is 0 Å². The molecule has 8 nitrogen and oxygen atoms in total. The van der Waals surface area contributed by atoms with Gasteiger partial charge in [0.2, 0.25) is 0 Å². The number of nitrogens with one attached hydrogen (secondary N) is 1. The van der Waals surface area contributed by atoms with Gasteiger partial charge in [-0.3, -0.25) is 9.67 Å². The topological polar surface area (TPSA) is 67.2 Å².